The average Bonchev–Trinajstić information content (AvgIpc) is 3.01. The van der Waals surface area contributed by atoms with Crippen LogP contribution in [-0.2, 0) is 16.0 Å². The summed E-state index contributed by atoms with van der Waals surface area (Å²) in [7, 11) is 5.39. The number of anilines is 3. The fourth-order valence-electron chi connectivity index (χ4n) is 4.74. The lowest BCUT2D eigenvalue weighted by Crippen LogP contribution is -2.45. The number of rotatable bonds is 16. The quantitative estimate of drug-likeness (QED) is 0.158. The number of carbonyl (C=O) groups excluding carboxylic acids is 3. The summed E-state index contributed by atoms with van der Waals surface area (Å²) in [5.74, 6) is -2.82. The summed E-state index contributed by atoms with van der Waals surface area (Å²) in [6, 6.07) is 6.20. The van der Waals surface area contributed by atoms with Crippen LogP contribution < -0.4 is 26.4 Å². The number of nitrogens with one attached hydrogen (secondary N) is 3. The van der Waals surface area contributed by atoms with E-state index < -0.39 is 17.9 Å². The van der Waals surface area contributed by atoms with E-state index in [0.717, 1.165) is 0 Å². The minimum absolute atomic E-state index is 0.0363. The van der Waals surface area contributed by atoms with Crippen LogP contribution in [0.3, 0.4) is 0 Å². The molecule has 14 heteroatoms. The van der Waals surface area contributed by atoms with Gasteiger partial charge < -0.3 is 36.2 Å². The number of hydrogen-bond donors (Lipinski definition) is 4. The second kappa shape index (κ2) is 16.8. The second-order valence-corrected chi connectivity index (χ2v) is 11.6. The number of hydrogen-bond acceptors (Lipinski definition) is 9. The van der Waals surface area contributed by atoms with E-state index in [1.54, 1.807) is 44.3 Å². The van der Waals surface area contributed by atoms with Gasteiger partial charge in [0.05, 0.1) is 12.3 Å². The molecule has 3 rings (SSSR count). The zero-order valence-electron chi connectivity index (χ0n) is 27.2. The smallest absolute Gasteiger partial charge is 0.271 e. The van der Waals surface area contributed by atoms with Gasteiger partial charge >= 0.3 is 0 Å². The lowest BCUT2D eigenvalue weighted by Gasteiger charge is -2.29. The van der Waals surface area contributed by atoms with Crippen molar-refractivity contribution in [1.82, 2.24) is 25.1 Å². The highest BCUT2D eigenvalue weighted by Crippen LogP contribution is 2.35. The molecule has 0 spiro atoms. The molecule has 1 aliphatic carbocycles. The molecule has 46 heavy (non-hydrogen) atoms. The van der Waals surface area contributed by atoms with Crippen molar-refractivity contribution in [3.63, 3.8) is 0 Å². The van der Waals surface area contributed by atoms with E-state index in [9.17, 15) is 23.2 Å². The van der Waals surface area contributed by atoms with Crippen molar-refractivity contribution < 1.29 is 27.9 Å². The van der Waals surface area contributed by atoms with E-state index in [1.165, 1.54) is 11.0 Å². The molecule has 3 amide bonds. The molecule has 0 aliphatic heterocycles. The Kier molecular flexibility index (Phi) is 13.2. The van der Waals surface area contributed by atoms with E-state index >= 15 is 0 Å². The van der Waals surface area contributed by atoms with E-state index in [2.05, 4.69) is 25.9 Å². The Labute approximate surface area is 269 Å². The number of primary amides is 1. The van der Waals surface area contributed by atoms with Gasteiger partial charge in [0.25, 0.3) is 5.91 Å². The topological polar surface area (TPSA) is 155 Å². The maximum absolute atomic E-state index is 13.7. The number of carbonyl (C=O) groups is 3. The van der Waals surface area contributed by atoms with Gasteiger partial charge in [-0.1, -0.05) is 19.1 Å². The van der Waals surface area contributed by atoms with Crippen molar-refractivity contribution in [3.8, 4) is 5.75 Å². The first kappa shape index (κ1) is 36.1. The monoisotopic (exact) mass is 644 g/mol. The summed E-state index contributed by atoms with van der Waals surface area (Å²) < 4.78 is 33.2. The summed E-state index contributed by atoms with van der Waals surface area (Å²) in [5.41, 5.74) is 6.67. The molecular formula is C32H46F2N8O4. The first-order valence-corrected chi connectivity index (χ1v) is 15.5. The summed E-state index contributed by atoms with van der Waals surface area (Å²) in [6.07, 6.45) is 4.39. The van der Waals surface area contributed by atoms with Crippen LogP contribution in [0, 0.1) is 0 Å². The Balaban J connectivity index is 1.56. The minimum atomic E-state index is -2.65. The SMILES string of the molecule is CCc1nc(C(N)=O)c(Nc2cccc(OCCCNC(=O)[C@H](C)N(C)C(=O)/C=C/CN(C)C)c2)nc1NC1CCC(F)(F)CC1. The number of nitrogens with zero attached hydrogens (tertiary/aromatic N) is 4. The van der Waals surface area contributed by atoms with Crippen LogP contribution in [0.5, 0.6) is 5.75 Å². The third kappa shape index (κ3) is 10.9. The molecule has 0 bridgehead atoms. The van der Waals surface area contributed by atoms with Crippen LogP contribution >= 0.6 is 0 Å². The normalized spacial score (nSPS) is 15.4. The first-order chi connectivity index (χ1) is 21.8. The number of nitrogens with two attached hydrogens (primary N) is 1. The lowest BCUT2D eigenvalue weighted by molar-refractivity contribution is -0.135. The Morgan fingerprint density at radius 2 is 1.87 bits per heavy atom. The van der Waals surface area contributed by atoms with Crippen molar-refractivity contribution in [2.45, 2.75) is 70.4 Å². The molecular weight excluding hydrogens is 598 g/mol. The fraction of sp³-hybridized carbons (Fsp3) is 0.531. The van der Waals surface area contributed by atoms with Crippen molar-refractivity contribution in [2.75, 3.05) is 51.5 Å². The van der Waals surface area contributed by atoms with E-state index in [1.807, 2.05) is 25.9 Å². The number of halogens is 2. The van der Waals surface area contributed by atoms with Gasteiger partial charge in [0.1, 0.15) is 17.6 Å². The Morgan fingerprint density at radius 1 is 1.15 bits per heavy atom. The van der Waals surface area contributed by atoms with Crippen molar-refractivity contribution >= 4 is 35.0 Å². The molecule has 1 heterocycles. The molecule has 0 unspecified atom stereocenters. The van der Waals surface area contributed by atoms with E-state index in [-0.39, 0.29) is 42.2 Å². The van der Waals surface area contributed by atoms with Gasteiger partial charge in [-0.2, -0.15) is 0 Å². The van der Waals surface area contributed by atoms with Crippen LogP contribution in [0.4, 0.5) is 26.1 Å². The summed E-state index contributed by atoms with van der Waals surface area (Å²) in [6.45, 7) is 4.82. The number of alkyl halides is 2. The largest absolute Gasteiger partial charge is 0.493 e. The zero-order valence-corrected chi connectivity index (χ0v) is 27.2. The summed E-state index contributed by atoms with van der Waals surface area (Å²) >= 11 is 0. The third-order valence-corrected chi connectivity index (χ3v) is 7.62. The minimum Gasteiger partial charge on any atom is -0.493 e. The van der Waals surface area contributed by atoms with E-state index in [4.69, 9.17) is 10.5 Å². The summed E-state index contributed by atoms with van der Waals surface area (Å²) in [5, 5.41) is 9.16. The molecule has 0 saturated heterocycles. The van der Waals surface area contributed by atoms with Crippen LogP contribution in [0.15, 0.2) is 36.4 Å². The molecule has 2 aromatic rings. The average molecular weight is 645 g/mol. The lowest BCUT2D eigenvalue weighted by atomic mass is 9.92. The van der Waals surface area contributed by atoms with Gasteiger partial charge in [0.2, 0.25) is 17.7 Å². The Morgan fingerprint density at radius 3 is 2.52 bits per heavy atom. The number of benzene rings is 1. The highest BCUT2D eigenvalue weighted by molar-refractivity contribution is 5.96. The van der Waals surface area contributed by atoms with Gasteiger partial charge in [-0.15, -0.1) is 0 Å². The molecule has 1 aliphatic rings. The van der Waals surface area contributed by atoms with Crippen LogP contribution in [0.2, 0.25) is 0 Å². The molecule has 5 N–H and O–H groups in total. The van der Waals surface area contributed by atoms with Gasteiger partial charge in [-0.3, -0.25) is 14.4 Å². The number of ether oxygens (including phenoxy) is 1. The van der Waals surface area contributed by atoms with Crippen LogP contribution in [0.1, 0.15) is 62.1 Å². The maximum Gasteiger partial charge on any atom is 0.271 e. The van der Waals surface area contributed by atoms with Gasteiger partial charge in [-0.25, -0.2) is 18.7 Å². The van der Waals surface area contributed by atoms with Crippen LogP contribution in [0.25, 0.3) is 0 Å². The molecule has 1 fully saturated rings. The predicted molar refractivity (Wildman–Crippen MR) is 174 cm³/mol. The maximum atomic E-state index is 13.7. The predicted octanol–water partition coefficient (Wildman–Crippen LogP) is 3.72. The molecule has 1 saturated carbocycles. The van der Waals surface area contributed by atoms with Gasteiger partial charge in [0, 0.05) is 56.9 Å². The molecule has 1 aromatic carbocycles. The molecule has 0 radical (unpaired) electrons. The highest BCUT2D eigenvalue weighted by atomic mass is 19.3. The molecule has 12 nitrogen and oxygen atoms in total. The van der Waals surface area contributed by atoms with Crippen LogP contribution in [-0.4, -0.2) is 96.3 Å². The Hall–Kier alpha value is -4.33. The number of amides is 3. The molecule has 1 atom stereocenters. The molecule has 1 aromatic heterocycles. The fourth-order valence-corrected chi connectivity index (χ4v) is 4.74. The van der Waals surface area contributed by atoms with Crippen molar-refractivity contribution in [1.29, 1.82) is 0 Å². The van der Waals surface area contributed by atoms with Gasteiger partial charge in [-0.05, 0) is 58.8 Å². The summed E-state index contributed by atoms with van der Waals surface area (Å²) in [4.78, 5) is 49.4. The Bertz CT molecular complexity index is 1380. The highest BCUT2D eigenvalue weighted by Gasteiger charge is 2.35. The van der Waals surface area contributed by atoms with Gasteiger partial charge in [0.15, 0.2) is 11.5 Å². The van der Waals surface area contributed by atoms with Crippen molar-refractivity contribution in [3.05, 3.63) is 47.8 Å². The standard InChI is InChI=1S/C32H46F2N8O4/c1-6-25-29(37-22-13-15-32(33,34)16-14-22)40-30(27(39-25)28(35)44)38-23-10-7-11-24(20-23)46-19-9-17-36-31(45)21(2)42(5)26(43)12-8-18-41(3)4/h7-8,10-12,20-22H,6,9,13-19H2,1-5H3,(H2,35,44)(H,36,45)(H2,37,38,40)/b12-8+/t21-/m0/s1. The first-order valence-electron chi connectivity index (χ1n) is 15.5. The number of aryl methyl sites for hydroxylation is 1. The van der Waals surface area contributed by atoms with E-state index in [0.29, 0.717) is 68.3 Å². The number of likely N-dealkylation sites (N-methyl/N-ethyl adjacent to an activating group) is 2. The third-order valence-electron chi connectivity index (χ3n) is 7.62. The van der Waals surface area contributed by atoms with Crippen molar-refractivity contribution in [2.24, 2.45) is 5.73 Å². The molecule has 252 valence electrons. The zero-order chi connectivity index (χ0) is 33.9. The number of aromatic nitrogens is 2. The second-order valence-electron chi connectivity index (χ2n) is 11.6.